The Balaban J connectivity index is 0.000000569. The van der Waals surface area contributed by atoms with Crippen molar-refractivity contribution in [2.75, 3.05) is 0 Å². The van der Waals surface area contributed by atoms with Crippen molar-refractivity contribution in [2.45, 2.75) is 115 Å². The third-order valence-corrected chi connectivity index (χ3v) is 19.5. The van der Waals surface area contributed by atoms with Gasteiger partial charge >= 0.3 is 21.7 Å². The molecular weight excluding hydrogens is 511 g/mol. The Labute approximate surface area is 234 Å². The molecule has 2 aromatic carbocycles. The fraction of sp³-hybridized carbons (Fsp3) is 0.643. The zero-order chi connectivity index (χ0) is 21.5. The van der Waals surface area contributed by atoms with Gasteiger partial charge in [0, 0.05) is 16.1 Å². The van der Waals surface area contributed by atoms with Crippen LogP contribution in [0.2, 0.25) is 36.3 Å². The fourth-order valence-corrected chi connectivity index (χ4v) is 13.3. The predicted octanol–water partition coefficient (Wildman–Crippen LogP) is 1.66. The second-order valence-corrected chi connectivity index (χ2v) is 19.9. The first-order valence-electron chi connectivity index (χ1n) is 13.1. The molecule has 0 N–H and O–H groups in total. The summed E-state index contributed by atoms with van der Waals surface area (Å²) >= 11 is 0. The van der Waals surface area contributed by atoms with Crippen LogP contribution in [0, 0.1) is 0 Å². The van der Waals surface area contributed by atoms with Gasteiger partial charge in [-0.15, -0.1) is 0 Å². The van der Waals surface area contributed by atoms with E-state index in [1.807, 2.05) is 0 Å². The molecule has 2 saturated heterocycles. The zero-order valence-electron chi connectivity index (χ0n) is 21.6. The van der Waals surface area contributed by atoms with E-state index in [0.29, 0.717) is 0 Å². The molecule has 0 amide bonds. The van der Waals surface area contributed by atoms with Gasteiger partial charge in [-0.2, -0.15) is 35.4 Å². The molecular formula is C28H46Cl2Si2Ti. The summed E-state index contributed by atoms with van der Waals surface area (Å²) in [6.07, 6.45) is 10.9. The summed E-state index contributed by atoms with van der Waals surface area (Å²) in [6.45, 7) is 9.37. The molecule has 2 aromatic rings. The number of halogens is 2. The van der Waals surface area contributed by atoms with E-state index in [1.165, 1.54) is 63.5 Å². The predicted molar refractivity (Wildman–Crippen MR) is 141 cm³/mol. The van der Waals surface area contributed by atoms with E-state index in [-0.39, 0.29) is 46.5 Å². The summed E-state index contributed by atoms with van der Waals surface area (Å²) in [5.74, 6) is 0. The van der Waals surface area contributed by atoms with E-state index in [0.717, 1.165) is 0 Å². The SMILES string of the molecule is CCCC[c-]1ccc([Si]2(CC)CCC2)c1.CCCC[c-]1ccc([Si]2(CC)CCC2)c1.[Cl-].[Cl-].[Ti+4]. The minimum atomic E-state index is -0.911. The largest absolute Gasteiger partial charge is 4.00 e. The van der Waals surface area contributed by atoms with Crippen molar-refractivity contribution in [3.8, 4) is 0 Å². The second kappa shape index (κ2) is 16.2. The quantitative estimate of drug-likeness (QED) is 0.308. The molecule has 5 heteroatoms. The smallest absolute Gasteiger partial charge is 1.00 e. The van der Waals surface area contributed by atoms with Crippen molar-refractivity contribution >= 4 is 26.5 Å². The summed E-state index contributed by atoms with van der Waals surface area (Å²) in [5, 5.41) is 3.53. The first-order chi connectivity index (χ1) is 14.6. The van der Waals surface area contributed by atoms with Crippen LogP contribution >= 0.6 is 0 Å². The van der Waals surface area contributed by atoms with E-state index in [2.05, 4.69) is 64.1 Å². The van der Waals surface area contributed by atoms with Crippen LogP contribution < -0.4 is 35.2 Å². The molecule has 0 radical (unpaired) electrons. The van der Waals surface area contributed by atoms with Crippen LogP contribution in [-0.4, -0.2) is 16.1 Å². The fourth-order valence-electron chi connectivity index (χ4n) is 5.62. The summed E-state index contributed by atoms with van der Waals surface area (Å²) < 4.78 is 0. The average molecular weight is 558 g/mol. The average Bonchev–Trinajstić information content (AvgIpc) is 3.35. The number of aryl methyl sites for hydroxylation is 2. The maximum Gasteiger partial charge on any atom is 4.00 e. The minimum Gasteiger partial charge on any atom is -1.00 e. The first-order valence-corrected chi connectivity index (χ1v) is 18.4. The van der Waals surface area contributed by atoms with E-state index in [4.69, 9.17) is 0 Å². The van der Waals surface area contributed by atoms with Gasteiger partial charge in [0.2, 0.25) is 0 Å². The Morgan fingerprint density at radius 2 is 1.03 bits per heavy atom. The second-order valence-electron chi connectivity index (χ2n) is 10.2. The number of hydrogen-bond donors (Lipinski definition) is 0. The van der Waals surface area contributed by atoms with Gasteiger partial charge in [-0.25, -0.2) is 22.5 Å². The molecule has 0 aromatic heterocycles. The Hall–Kier alpha value is 0.428. The molecule has 2 heterocycles. The van der Waals surface area contributed by atoms with E-state index in [9.17, 15) is 0 Å². The molecule has 0 nitrogen and oxygen atoms in total. The molecule has 0 bridgehead atoms. The molecule has 0 saturated carbocycles. The maximum atomic E-state index is 2.53. The molecule has 33 heavy (non-hydrogen) atoms. The van der Waals surface area contributed by atoms with Gasteiger partial charge in [-0.05, 0) is 0 Å². The van der Waals surface area contributed by atoms with Gasteiger partial charge in [0.25, 0.3) is 0 Å². The molecule has 4 rings (SSSR count). The van der Waals surface area contributed by atoms with Crippen LogP contribution in [0.4, 0.5) is 0 Å². The van der Waals surface area contributed by atoms with Crippen molar-refractivity contribution in [3.05, 3.63) is 47.5 Å². The summed E-state index contributed by atoms with van der Waals surface area (Å²) in [4.78, 5) is 0. The molecule has 184 valence electrons. The third-order valence-electron chi connectivity index (χ3n) is 8.47. The minimum absolute atomic E-state index is 0. The van der Waals surface area contributed by atoms with Crippen molar-refractivity contribution in [1.29, 1.82) is 0 Å². The first kappa shape index (κ1) is 33.4. The third kappa shape index (κ3) is 8.22. The molecule has 0 spiro atoms. The Kier molecular flexibility index (Phi) is 16.4. The van der Waals surface area contributed by atoms with E-state index < -0.39 is 16.1 Å². The van der Waals surface area contributed by atoms with Crippen molar-refractivity contribution in [2.24, 2.45) is 0 Å². The Morgan fingerprint density at radius 1 is 0.667 bits per heavy atom. The van der Waals surface area contributed by atoms with Gasteiger partial charge in [-0.1, -0.05) is 115 Å². The number of hydrogen-bond acceptors (Lipinski definition) is 0. The zero-order valence-corrected chi connectivity index (χ0v) is 26.7. The van der Waals surface area contributed by atoms with E-state index >= 15 is 0 Å². The summed E-state index contributed by atoms with van der Waals surface area (Å²) in [6, 6.07) is 23.9. The molecule has 0 unspecified atom stereocenters. The van der Waals surface area contributed by atoms with Crippen molar-refractivity contribution in [1.82, 2.24) is 0 Å². The van der Waals surface area contributed by atoms with Gasteiger partial charge in [0.1, 0.15) is 0 Å². The molecule has 2 aliphatic rings. The number of unbranched alkanes of at least 4 members (excludes halogenated alkanes) is 2. The van der Waals surface area contributed by atoms with Gasteiger partial charge < -0.3 is 24.8 Å². The van der Waals surface area contributed by atoms with Crippen molar-refractivity contribution < 1.29 is 46.5 Å². The van der Waals surface area contributed by atoms with Crippen LogP contribution in [0.1, 0.15) is 77.3 Å². The van der Waals surface area contributed by atoms with Crippen molar-refractivity contribution in [3.63, 3.8) is 0 Å². The normalized spacial score (nSPS) is 17.1. The molecule has 2 aliphatic heterocycles. The van der Waals surface area contributed by atoms with Crippen LogP contribution in [-0.2, 0) is 34.6 Å². The monoisotopic (exact) mass is 556 g/mol. The van der Waals surface area contributed by atoms with Crippen LogP contribution in [0.25, 0.3) is 0 Å². The Morgan fingerprint density at radius 3 is 1.27 bits per heavy atom. The Bertz CT molecular complexity index is 684. The molecule has 0 aliphatic carbocycles. The van der Waals surface area contributed by atoms with Crippen LogP contribution in [0.3, 0.4) is 0 Å². The molecule has 2 fully saturated rings. The topological polar surface area (TPSA) is 0 Å². The van der Waals surface area contributed by atoms with Gasteiger partial charge in [-0.3, -0.25) is 0 Å². The standard InChI is InChI=1S/2C14H23Si.2ClH.Ti/c2*1-3-5-7-13-8-9-14(12-13)15(4-2)10-6-11-15;;;/h2*8-9,12H,3-7,10-11H2,1-2H3;2*1H;/q2*-1;;;+4/p-2. The van der Waals surface area contributed by atoms with Gasteiger partial charge in [0.15, 0.2) is 0 Å². The summed E-state index contributed by atoms with van der Waals surface area (Å²) in [7, 11) is -1.82. The van der Waals surface area contributed by atoms with E-state index in [1.54, 1.807) is 45.7 Å². The van der Waals surface area contributed by atoms with Crippen LogP contribution in [0.5, 0.6) is 0 Å². The summed E-state index contributed by atoms with van der Waals surface area (Å²) in [5.41, 5.74) is 3.19. The number of rotatable bonds is 10. The maximum absolute atomic E-state index is 2.53. The van der Waals surface area contributed by atoms with Crippen LogP contribution in [0.15, 0.2) is 36.4 Å². The van der Waals surface area contributed by atoms with Gasteiger partial charge in [0.05, 0.1) is 0 Å². The molecule has 0 atom stereocenters.